The number of carbonyl (C=O) groups excluding carboxylic acids is 1. The molecule has 1 aromatic heterocycles. The SMILES string of the molecule is CN(C)c1ccc(CNC(=O)CSc2nnnn2-c2ccc(O)cc2)cc1. The van der Waals surface area contributed by atoms with Crippen LogP contribution in [0.5, 0.6) is 5.75 Å². The molecular formula is C18H20N6O2S. The lowest BCUT2D eigenvalue weighted by Gasteiger charge is -2.12. The third kappa shape index (κ3) is 4.98. The van der Waals surface area contributed by atoms with Crippen molar-refractivity contribution in [3.8, 4) is 11.4 Å². The van der Waals surface area contributed by atoms with E-state index in [0.29, 0.717) is 17.4 Å². The lowest BCUT2D eigenvalue weighted by molar-refractivity contribution is -0.118. The maximum Gasteiger partial charge on any atom is 0.230 e. The smallest absolute Gasteiger partial charge is 0.230 e. The van der Waals surface area contributed by atoms with E-state index in [-0.39, 0.29) is 17.4 Å². The Bertz CT molecular complexity index is 893. The molecule has 0 aliphatic carbocycles. The van der Waals surface area contributed by atoms with E-state index in [4.69, 9.17) is 0 Å². The zero-order valence-electron chi connectivity index (χ0n) is 15.0. The van der Waals surface area contributed by atoms with Crippen molar-refractivity contribution in [3.63, 3.8) is 0 Å². The first-order chi connectivity index (χ1) is 13.0. The van der Waals surface area contributed by atoms with Gasteiger partial charge in [-0.05, 0) is 52.4 Å². The second-order valence-corrected chi connectivity index (χ2v) is 6.96. The molecule has 1 amide bonds. The van der Waals surface area contributed by atoms with Gasteiger partial charge in [0.1, 0.15) is 5.75 Å². The molecule has 0 spiro atoms. The Hall–Kier alpha value is -3.07. The highest BCUT2D eigenvalue weighted by molar-refractivity contribution is 7.99. The molecule has 0 bridgehead atoms. The maximum absolute atomic E-state index is 12.1. The topological polar surface area (TPSA) is 96.2 Å². The number of nitrogens with zero attached hydrogens (tertiary/aromatic N) is 5. The van der Waals surface area contributed by atoms with Crippen LogP contribution in [0.4, 0.5) is 5.69 Å². The predicted octanol–water partition coefficient (Wildman–Crippen LogP) is 1.84. The molecule has 0 saturated heterocycles. The van der Waals surface area contributed by atoms with Gasteiger partial charge in [0.2, 0.25) is 11.1 Å². The standard InChI is InChI=1S/C18H20N6O2S/c1-23(2)14-5-3-13(4-6-14)11-19-17(26)12-27-18-20-21-22-24(18)15-7-9-16(25)10-8-15/h3-10,25H,11-12H2,1-2H3,(H,19,26). The summed E-state index contributed by atoms with van der Waals surface area (Å²) < 4.78 is 1.53. The number of phenolic OH excluding ortho intramolecular Hbond substituents is 1. The highest BCUT2D eigenvalue weighted by Crippen LogP contribution is 2.19. The first-order valence-electron chi connectivity index (χ1n) is 8.26. The number of rotatable bonds is 7. The average molecular weight is 384 g/mol. The number of aromatic hydroxyl groups is 1. The summed E-state index contributed by atoms with van der Waals surface area (Å²) in [5, 5.41) is 24.3. The molecule has 3 rings (SSSR count). The molecule has 9 heteroatoms. The van der Waals surface area contributed by atoms with Crippen LogP contribution in [0.2, 0.25) is 0 Å². The van der Waals surface area contributed by atoms with Crippen molar-refractivity contribution in [1.29, 1.82) is 0 Å². The number of carbonyl (C=O) groups is 1. The Morgan fingerprint density at radius 3 is 2.52 bits per heavy atom. The molecule has 0 saturated carbocycles. The largest absolute Gasteiger partial charge is 0.508 e. The third-order valence-electron chi connectivity index (χ3n) is 3.81. The van der Waals surface area contributed by atoms with Crippen LogP contribution in [-0.4, -0.2) is 51.1 Å². The number of amides is 1. The van der Waals surface area contributed by atoms with Gasteiger partial charge < -0.3 is 15.3 Å². The van der Waals surface area contributed by atoms with Gasteiger partial charge in [-0.25, -0.2) is 0 Å². The summed E-state index contributed by atoms with van der Waals surface area (Å²) in [5.74, 6) is 0.268. The van der Waals surface area contributed by atoms with Crippen molar-refractivity contribution in [2.24, 2.45) is 0 Å². The molecule has 0 unspecified atom stereocenters. The molecule has 27 heavy (non-hydrogen) atoms. The van der Waals surface area contributed by atoms with Gasteiger partial charge in [0.05, 0.1) is 11.4 Å². The molecule has 140 valence electrons. The number of nitrogens with one attached hydrogen (secondary N) is 1. The fourth-order valence-electron chi connectivity index (χ4n) is 2.32. The molecular weight excluding hydrogens is 364 g/mol. The van der Waals surface area contributed by atoms with Crippen LogP contribution >= 0.6 is 11.8 Å². The Kier molecular flexibility index (Phi) is 5.92. The van der Waals surface area contributed by atoms with Crippen molar-refractivity contribution in [2.45, 2.75) is 11.7 Å². The highest BCUT2D eigenvalue weighted by Gasteiger charge is 2.11. The van der Waals surface area contributed by atoms with Crippen LogP contribution < -0.4 is 10.2 Å². The van der Waals surface area contributed by atoms with E-state index in [1.165, 1.54) is 16.4 Å². The van der Waals surface area contributed by atoms with E-state index in [1.54, 1.807) is 24.3 Å². The molecule has 0 radical (unpaired) electrons. The van der Waals surface area contributed by atoms with Gasteiger partial charge >= 0.3 is 0 Å². The summed E-state index contributed by atoms with van der Waals surface area (Å²) in [5.41, 5.74) is 2.86. The summed E-state index contributed by atoms with van der Waals surface area (Å²) in [4.78, 5) is 14.2. The monoisotopic (exact) mass is 384 g/mol. The number of anilines is 1. The molecule has 1 heterocycles. The van der Waals surface area contributed by atoms with Crippen LogP contribution in [0.25, 0.3) is 5.69 Å². The quantitative estimate of drug-likeness (QED) is 0.600. The molecule has 2 aromatic carbocycles. The van der Waals surface area contributed by atoms with E-state index in [2.05, 4.69) is 20.8 Å². The van der Waals surface area contributed by atoms with E-state index in [1.807, 2.05) is 43.3 Å². The molecule has 3 aromatic rings. The first kappa shape index (κ1) is 18.7. The molecule has 0 aliphatic heterocycles. The summed E-state index contributed by atoms with van der Waals surface area (Å²) in [6.45, 7) is 0.468. The summed E-state index contributed by atoms with van der Waals surface area (Å²) in [7, 11) is 3.97. The second-order valence-electron chi connectivity index (χ2n) is 6.02. The zero-order valence-corrected chi connectivity index (χ0v) is 15.8. The third-order valence-corrected chi connectivity index (χ3v) is 4.73. The lowest BCUT2D eigenvalue weighted by atomic mass is 10.2. The summed E-state index contributed by atoms with van der Waals surface area (Å²) in [6, 6.07) is 14.5. The van der Waals surface area contributed by atoms with Crippen LogP contribution in [0.1, 0.15) is 5.56 Å². The Balaban J connectivity index is 1.52. The van der Waals surface area contributed by atoms with Gasteiger partial charge in [-0.2, -0.15) is 4.68 Å². The van der Waals surface area contributed by atoms with Crippen molar-refractivity contribution >= 4 is 23.4 Å². The number of hydrogen-bond acceptors (Lipinski definition) is 7. The predicted molar refractivity (Wildman–Crippen MR) is 104 cm³/mol. The summed E-state index contributed by atoms with van der Waals surface area (Å²) in [6.07, 6.45) is 0. The van der Waals surface area contributed by atoms with Crippen molar-refractivity contribution in [1.82, 2.24) is 25.5 Å². The Morgan fingerprint density at radius 1 is 1.15 bits per heavy atom. The first-order valence-corrected chi connectivity index (χ1v) is 9.25. The summed E-state index contributed by atoms with van der Waals surface area (Å²) >= 11 is 1.25. The fourth-order valence-corrected chi connectivity index (χ4v) is 3.04. The van der Waals surface area contributed by atoms with Gasteiger partial charge in [-0.3, -0.25) is 4.79 Å². The fraction of sp³-hybridized carbons (Fsp3) is 0.222. The molecule has 0 aliphatic rings. The average Bonchev–Trinajstić information content (AvgIpc) is 3.14. The van der Waals surface area contributed by atoms with Gasteiger partial charge in [0.25, 0.3) is 0 Å². The number of hydrogen-bond donors (Lipinski definition) is 2. The van der Waals surface area contributed by atoms with Gasteiger partial charge in [0.15, 0.2) is 0 Å². The van der Waals surface area contributed by atoms with Gasteiger partial charge in [-0.15, -0.1) is 5.10 Å². The highest BCUT2D eigenvalue weighted by atomic mass is 32.2. The number of thioether (sulfide) groups is 1. The zero-order chi connectivity index (χ0) is 19.2. The Labute approximate surface area is 161 Å². The van der Waals surface area contributed by atoms with Gasteiger partial charge in [-0.1, -0.05) is 23.9 Å². The number of benzene rings is 2. The normalized spacial score (nSPS) is 10.6. The van der Waals surface area contributed by atoms with E-state index >= 15 is 0 Å². The molecule has 8 nitrogen and oxygen atoms in total. The van der Waals surface area contributed by atoms with Crippen LogP contribution in [0.3, 0.4) is 0 Å². The minimum atomic E-state index is -0.100. The van der Waals surface area contributed by atoms with Crippen molar-refractivity contribution in [2.75, 3.05) is 24.7 Å². The van der Waals surface area contributed by atoms with E-state index < -0.39 is 0 Å². The maximum atomic E-state index is 12.1. The molecule has 0 atom stereocenters. The number of aromatic nitrogens is 4. The number of tetrazole rings is 1. The van der Waals surface area contributed by atoms with Crippen LogP contribution in [0, 0.1) is 0 Å². The van der Waals surface area contributed by atoms with Crippen molar-refractivity contribution < 1.29 is 9.90 Å². The lowest BCUT2D eigenvalue weighted by Crippen LogP contribution is -2.24. The van der Waals surface area contributed by atoms with Gasteiger partial charge in [0, 0.05) is 26.3 Å². The molecule has 2 N–H and O–H groups in total. The number of phenols is 1. The minimum Gasteiger partial charge on any atom is -0.508 e. The van der Waals surface area contributed by atoms with Crippen LogP contribution in [-0.2, 0) is 11.3 Å². The van der Waals surface area contributed by atoms with E-state index in [0.717, 1.165) is 11.3 Å². The van der Waals surface area contributed by atoms with Crippen molar-refractivity contribution in [3.05, 3.63) is 54.1 Å². The van der Waals surface area contributed by atoms with Crippen LogP contribution in [0.15, 0.2) is 53.7 Å². The Morgan fingerprint density at radius 2 is 1.85 bits per heavy atom. The molecule has 0 fully saturated rings. The minimum absolute atomic E-state index is 0.100. The second kappa shape index (κ2) is 8.54. The van der Waals surface area contributed by atoms with E-state index in [9.17, 15) is 9.90 Å².